The summed E-state index contributed by atoms with van der Waals surface area (Å²) in [4.78, 5) is 10.9. The molecule has 0 aliphatic carbocycles. The number of carboxylic acids is 1. The largest absolute Gasteiger partial charge is 0.478 e. The van der Waals surface area contributed by atoms with Crippen LogP contribution in [0.1, 0.15) is 16.1 Å². The number of hydrogen-bond acceptors (Lipinski definition) is 5. The summed E-state index contributed by atoms with van der Waals surface area (Å²) in [5.41, 5.74) is 1.45. The van der Waals surface area contributed by atoms with Crippen LogP contribution >= 0.6 is 0 Å². The first kappa shape index (κ1) is 12.2. The normalized spacial score (nSPS) is 10.7. The second-order valence-electron chi connectivity index (χ2n) is 4.19. The lowest BCUT2D eigenvalue weighted by atomic mass is 10.1. The van der Waals surface area contributed by atoms with Gasteiger partial charge in [0.25, 0.3) is 5.89 Å². The fourth-order valence-electron chi connectivity index (χ4n) is 1.84. The second-order valence-corrected chi connectivity index (χ2v) is 4.19. The predicted octanol–water partition coefficient (Wildman–Crippen LogP) is 3.00. The highest BCUT2D eigenvalue weighted by Crippen LogP contribution is 2.27. The van der Waals surface area contributed by atoms with Crippen LogP contribution in [0, 0.1) is 6.92 Å². The molecule has 0 spiro atoms. The smallest absolute Gasteiger partial charge is 0.335 e. The van der Waals surface area contributed by atoms with E-state index in [0.717, 1.165) is 5.56 Å². The number of hydrogen-bond donors (Lipinski definition) is 1. The van der Waals surface area contributed by atoms with Crippen LogP contribution in [0.15, 0.2) is 45.4 Å². The maximum absolute atomic E-state index is 10.9. The zero-order valence-electron chi connectivity index (χ0n) is 10.5. The fourth-order valence-corrected chi connectivity index (χ4v) is 1.84. The van der Waals surface area contributed by atoms with Crippen LogP contribution < -0.4 is 0 Å². The van der Waals surface area contributed by atoms with Gasteiger partial charge in [-0.15, -0.1) is 10.2 Å². The third-order valence-electron chi connectivity index (χ3n) is 2.87. The third-order valence-corrected chi connectivity index (χ3v) is 2.87. The Morgan fingerprint density at radius 1 is 1.20 bits per heavy atom. The standard InChI is InChI=1S/C14H10N2O4/c1-8-11(5-6-19-8)13-16-15-12(20-13)9-3-2-4-10(7-9)14(17)18/h2-7H,1H3,(H,17,18). The number of aromatic carboxylic acids is 1. The summed E-state index contributed by atoms with van der Waals surface area (Å²) in [7, 11) is 0. The van der Waals surface area contributed by atoms with E-state index in [1.54, 1.807) is 31.4 Å². The van der Waals surface area contributed by atoms with E-state index in [9.17, 15) is 4.79 Å². The second kappa shape index (κ2) is 4.65. The maximum atomic E-state index is 10.9. The molecule has 0 saturated heterocycles. The Balaban J connectivity index is 2.00. The predicted molar refractivity (Wildman–Crippen MR) is 69.1 cm³/mol. The lowest BCUT2D eigenvalue weighted by Gasteiger charge is -1.97. The van der Waals surface area contributed by atoms with E-state index in [4.69, 9.17) is 13.9 Å². The molecule has 6 nitrogen and oxygen atoms in total. The number of carboxylic acid groups (broad SMARTS) is 1. The molecule has 0 fully saturated rings. The van der Waals surface area contributed by atoms with Crippen LogP contribution in [-0.2, 0) is 0 Å². The van der Waals surface area contributed by atoms with Gasteiger partial charge in [0, 0.05) is 5.56 Å². The molecule has 0 saturated carbocycles. The quantitative estimate of drug-likeness (QED) is 0.786. The van der Waals surface area contributed by atoms with Crippen molar-refractivity contribution in [3.8, 4) is 22.9 Å². The zero-order valence-corrected chi connectivity index (χ0v) is 10.5. The van der Waals surface area contributed by atoms with Gasteiger partial charge in [-0.25, -0.2) is 4.79 Å². The van der Waals surface area contributed by atoms with E-state index < -0.39 is 5.97 Å². The Morgan fingerprint density at radius 3 is 2.70 bits per heavy atom. The van der Waals surface area contributed by atoms with Gasteiger partial charge >= 0.3 is 5.97 Å². The SMILES string of the molecule is Cc1occc1-c1nnc(-c2cccc(C(=O)O)c2)o1. The number of aryl methyl sites for hydroxylation is 1. The maximum Gasteiger partial charge on any atom is 0.335 e. The molecule has 100 valence electrons. The molecule has 6 heteroatoms. The van der Waals surface area contributed by atoms with E-state index >= 15 is 0 Å². The molecular weight excluding hydrogens is 260 g/mol. The minimum Gasteiger partial charge on any atom is -0.478 e. The molecule has 0 amide bonds. The molecule has 0 radical (unpaired) electrons. The molecule has 2 heterocycles. The van der Waals surface area contributed by atoms with E-state index in [2.05, 4.69) is 10.2 Å². The molecule has 2 aromatic heterocycles. The summed E-state index contributed by atoms with van der Waals surface area (Å²) < 4.78 is 10.7. The first-order valence-corrected chi connectivity index (χ1v) is 5.87. The van der Waals surface area contributed by atoms with Crippen molar-refractivity contribution in [3.05, 3.63) is 47.9 Å². The highest BCUT2D eigenvalue weighted by molar-refractivity contribution is 5.88. The van der Waals surface area contributed by atoms with Gasteiger partial charge in [0.05, 0.1) is 17.4 Å². The molecule has 0 bridgehead atoms. The third kappa shape index (κ3) is 2.07. The van der Waals surface area contributed by atoms with Crippen molar-refractivity contribution in [2.45, 2.75) is 6.92 Å². The summed E-state index contributed by atoms with van der Waals surface area (Å²) in [5, 5.41) is 16.8. The molecule has 0 unspecified atom stereocenters. The van der Waals surface area contributed by atoms with E-state index in [1.165, 1.54) is 12.1 Å². The summed E-state index contributed by atoms with van der Waals surface area (Å²) in [6, 6.07) is 8.07. The number of aromatic nitrogens is 2. The number of carbonyl (C=O) groups is 1. The van der Waals surface area contributed by atoms with E-state index in [-0.39, 0.29) is 11.5 Å². The molecule has 0 aliphatic rings. The molecule has 0 aliphatic heterocycles. The average Bonchev–Trinajstić information content (AvgIpc) is 3.07. The molecular formula is C14H10N2O4. The van der Waals surface area contributed by atoms with Gasteiger partial charge in [0.15, 0.2) is 0 Å². The molecule has 0 atom stereocenters. The molecule has 1 N–H and O–H groups in total. The Hall–Kier alpha value is -2.89. The van der Waals surface area contributed by atoms with Gasteiger partial charge in [-0.2, -0.15) is 0 Å². The average molecular weight is 270 g/mol. The van der Waals surface area contributed by atoms with Crippen molar-refractivity contribution in [2.24, 2.45) is 0 Å². The van der Waals surface area contributed by atoms with Crippen LogP contribution in [0.5, 0.6) is 0 Å². The van der Waals surface area contributed by atoms with Crippen LogP contribution in [0.3, 0.4) is 0 Å². The summed E-state index contributed by atoms with van der Waals surface area (Å²) in [6.07, 6.45) is 1.54. The minimum atomic E-state index is -1.00. The van der Waals surface area contributed by atoms with Gasteiger partial charge in [0.1, 0.15) is 5.76 Å². The van der Waals surface area contributed by atoms with E-state index in [0.29, 0.717) is 17.2 Å². The number of rotatable bonds is 3. The van der Waals surface area contributed by atoms with Gasteiger partial charge in [0.2, 0.25) is 5.89 Å². The van der Waals surface area contributed by atoms with Crippen molar-refractivity contribution >= 4 is 5.97 Å². The van der Waals surface area contributed by atoms with Crippen molar-refractivity contribution in [1.82, 2.24) is 10.2 Å². The Bertz CT molecular complexity index is 773. The molecule has 3 rings (SSSR count). The summed E-state index contributed by atoms with van der Waals surface area (Å²) in [5.74, 6) is 0.285. The van der Waals surface area contributed by atoms with Gasteiger partial charge in [-0.05, 0) is 31.2 Å². The Kier molecular flexibility index (Phi) is 2.83. The number of benzene rings is 1. The summed E-state index contributed by atoms with van der Waals surface area (Å²) in [6.45, 7) is 1.80. The van der Waals surface area contributed by atoms with Crippen molar-refractivity contribution in [2.75, 3.05) is 0 Å². The van der Waals surface area contributed by atoms with Gasteiger partial charge in [-0.3, -0.25) is 0 Å². The topological polar surface area (TPSA) is 89.4 Å². The fraction of sp³-hybridized carbons (Fsp3) is 0.0714. The highest BCUT2D eigenvalue weighted by Gasteiger charge is 2.15. The zero-order chi connectivity index (χ0) is 14.1. The monoisotopic (exact) mass is 270 g/mol. The molecule has 3 aromatic rings. The van der Waals surface area contributed by atoms with Crippen molar-refractivity contribution in [3.63, 3.8) is 0 Å². The van der Waals surface area contributed by atoms with Crippen LogP contribution in [0.4, 0.5) is 0 Å². The number of nitrogens with zero attached hydrogens (tertiary/aromatic N) is 2. The first-order chi connectivity index (χ1) is 9.65. The summed E-state index contributed by atoms with van der Waals surface area (Å²) >= 11 is 0. The number of furan rings is 1. The van der Waals surface area contributed by atoms with Crippen LogP contribution in [0.2, 0.25) is 0 Å². The van der Waals surface area contributed by atoms with Crippen molar-refractivity contribution < 1.29 is 18.7 Å². The highest BCUT2D eigenvalue weighted by atomic mass is 16.4. The lowest BCUT2D eigenvalue weighted by molar-refractivity contribution is 0.0697. The van der Waals surface area contributed by atoms with Crippen LogP contribution in [0.25, 0.3) is 22.9 Å². The Morgan fingerprint density at radius 2 is 2.00 bits per heavy atom. The van der Waals surface area contributed by atoms with Crippen molar-refractivity contribution in [1.29, 1.82) is 0 Å². The lowest BCUT2D eigenvalue weighted by Crippen LogP contribution is -1.95. The van der Waals surface area contributed by atoms with Crippen LogP contribution in [-0.4, -0.2) is 21.3 Å². The minimum absolute atomic E-state index is 0.168. The Labute approximate surface area is 113 Å². The first-order valence-electron chi connectivity index (χ1n) is 5.87. The molecule has 1 aromatic carbocycles. The molecule has 20 heavy (non-hydrogen) atoms. The van der Waals surface area contributed by atoms with E-state index in [1.807, 2.05) is 0 Å². The van der Waals surface area contributed by atoms with Gasteiger partial charge < -0.3 is 13.9 Å². The van der Waals surface area contributed by atoms with Gasteiger partial charge in [-0.1, -0.05) is 6.07 Å².